The first kappa shape index (κ1) is 15.9. The van der Waals surface area contributed by atoms with Crippen LogP contribution in [-0.2, 0) is 0 Å². The van der Waals surface area contributed by atoms with Crippen LogP contribution in [0.4, 0.5) is 11.5 Å². The van der Waals surface area contributed by atoms with Gasteiger partial charge in [-0.1, -0.05) is 12.1 Å². The Hall–Kier alpha value is -2.43. The van der Waals surface area contributed by atoms with E-state index in [-0.39, 0.29) is 5.91 Å². The minimum atomic E-state index is -0.0872. The summed E-state index contributed by atoms with van der Waals surface area (Å²) in [6.07, 6.45) is 0. The average Bonchev–Trinajstić information content (AvgIpc) is 2.53. The van der Waals surface area contributed by atoms with Crippen LogP contribution in [0.25, 0.3) is 0 Å². The molecule has 0 saturated carbocycles. The normalized spacial score (nSPS) is 10.4. The Bertz CT molecular complexity index is 648. The first-order valence-electron chi connectivity index (χ1n) is 7.52. The molecule has 1 aromatic heterocycles. The molecule has 2 aromatic rings. The fraction of sp³-hybridized carbons (Fsp3) is 0.353. The van der Waals surface area contributed by atoms with Crippen LogP contribution in [0.5, 0.6) is 0 Å². The second-order valence-corrected chi connectivity index (χ2v) is 5.22. The molecule has 1 amide bonds. The number of aromatic nitrogens is 2. The van der Waals surface area contributed by atoms with Gasteiger partial charge in [0.25, 0.3) is 5.91 Å². The number of aryl methyl sites for hydroxylation is 2. The predicted octanol–water partition coefficient (Wildman–Crippen LogP) is 3.32. The number of carbonyl (C=O) groups is 1. The number of carbonyl (C=O) groups excluding carboxylic acids is 1. The summed E-state index contributed by atoms with van der Waals surface area (Å²) in [6, 6.07) is 9.68. The number of hydrogen-bond acceptors (Lipinski definition) is 4. The summed E-state index contributed by atoms with van der Waals surface area (Å²) >= 11 is 0. The molecule has 0 aliphatic carbocycles. The molecule has 1 N–H and O–H groups in total. The summed E-state index contributed by atoms with van der Waals surface area (Å²) in [6.45, 7) is 9.31. The zero-order valence-electron chi connectivity index (χ0n) is 13.6. The molecule has 0 aliphatic heterocycles. The standard InChI is InChI=1S/C17H22N4O/c1-5-21(6-2)17(22)14-9-10-16(20-19-14)18-15-11-12(3)7-8-13(15)4/h7-11H,5-6H2,1-4H3,(H,18,20). The first-order valence-corrected chi connectivity index (χ1v) is 7.52. The number of anilines is 2. The van der Waals surface area contributed by atoms with E-state index in [0.29, 0.717) is 24.6 Å². The highest BCUT2D eigenvalue weighted by Crippen LogP contribution is 2.20. The number of rotatable bonds is 5. The van der Waals surface area contributed by atoms with Crippen LogP contribution in [0, 0.1) is 13.8 Å². The van der Waals surface area contributed by atoms with Gasteiger partial charge in [-0.05, 0) is 57.0 Å². The Morgan fingerprint density at radius 3 is 2.41 bits per heavy atom. The van der Waals surface area contributed by atoms with Gasteiger partial charge in [-0.15, -0.1) is 10.2 Å². The molecule has 0 atom stereocenters. The zero-order chi connectivity index (χ0) is 16.1. The van der Waals surface area contributed by atoms with Gasteiger partial charge >= 0.3 is 0 Å². The number of amides is 1. The SMILES string of the molecule is CCN(CC)C(=O)c1ccc(Nc2cc(C)ccc2C)nn1. The third-order valence-electron chi connectivity index (χ3n) is 3.59. The molecule has 1 heterocycles. The molecule has 116 valence electrons. The van der Waals surface area contributed by atoms with Gasteiger partial charge in [-0.25, -0.2) is 0 Å². The largest absolute Gasteiger partial charge is 0.339 e. The lowest BCUT2D eigenvalue weighted by atomic mass is 10.1. The monoisotopic (exact) mass is 298 g/mol. The van der Waals surface area contributed by atoms with Crippen LogP contribution in [0.1, 0.15) is 35.5 Å². The first-order chi connectivity index (χ1) is 10.5. The molecule has 0 saturated heterocycles. The van der Waals surface area contributed by atoms with Crippen molar-refractivity contribution in [3.63, 3.8) is 0 Å². The van der Waals surface area contributed by atoms with E-state index in [1.54, 1.807) is 17.0 Å². The third kappa shape index (κ3) is 3.61. The van der Waals surface area contributed by atoms with Gasteiger partial charge in [0.15, 0.2) is 11.5 Å². The van der Waals surface area contributed by atoms with Crippen molar-refractivity contribution in [2.45, 2.75) is 27.7 Å². The summed E-state index contributed by atoms with van der Waals surface area (Å²) in [5.41, 5.74) is 3.68. The smallest absolute Gasteiger partial charge is 0.274 e. The Kier molecular flexibility index (Phi) is 5.09. The lowest BCUT2D eigenvalue weighted by molar-refractivity contribution is 0.0766. The number of benzene rings is 1. The molecule has 1 aromatic carbocycles. The third-order valence-corrected chi connectivity index (χ3v) is 3.59. The van der Waals surface area contributed by atoms with Crippen LogP contribution >= 0.6 is 0 Å². The van der Waals surface area contributed by atoms with Gasteiger partial charge in [0.2, 0.25) is 0 Å². The van der Waals surface area contributed by atoms with Crippen LogP contribution in [0.15, 0.2) is 30.3 Å². The molecule has 0 bridgehead atoms. The fourth-order valence-electron chi connectivity index (χ4n) is 2.19. The van der Waals surface area contributed by atoms with E-state index in [0.717, 1.165) is 11.3 Å². The number of nitrogens with zero attached hydrogens (tertiary/aromatic N) is 3. The number of hydrogen-bond donors (Lipinski definition) is 1. The van der Waals surface area contributed by atoms with E-state index in [1.807, 2.05) is 27.7 Å². The molecular weight excluding hydrogens is 276 g/mol. The van der Waals surface area contributed by atoms with Gasteiger partial charge in [0.05, 0.1) is 0 Å². The van der Waals surface area contributed by atoms with Crippen LogP contribution in [-0.4, -0.2) is 34.1 Å². The van der Waals surface area contributed by atoms with E-state index in [4.69, 9.17) is 0 Å². The quantitative estimate of drug-likeness (QED) is 0.920. The van der Waals surface area contributed by atoms with Gasteiger partial charge in [0, 0.05) is 18.8 Å². The zero-order valence-corrected chi connectivity index (χ0v) is 13.6. The summed E-state index contributed by atoms with van der Waals surface area (Å²) in [4.78, 5) is 13.9. The van der Waals surface area contributed by atoms with Crippen molar-refractivity contribution in [2.75, 3.05) is 18.4 Å². The lowest BCUT2D eigenvalue weighted by Crippen LogP contribution is -2.31. The number of nitrogens with one attached hydrogen (secondary N) is 1. The highest BCUT2D eigenvalue weighted by atomic mass is 16.2. The summed E-state index contributed by atoms with van der Waals surface area (Å²) in [7, 11) is 0. The van der Waals surface area contributed by atoms with E-state index < -0.39 is 0 Å². The van der Waals surface area contributed by atoms with Crippen molar-refractivity contribution in [3.8, 4) is 0 Å². The van der Waals surface area contributed by atoms with Crippen molar-refractivity contribution in [3.05, 3.63) is 47.2 Å². The summed E-state index contributed by atoms with van der Waals surface area (Å²) in [5, 5.41) is 11.4. The molecule has 0 radical (unpaired) electrons. The Morgan fingerprint density at radius 2 is 1.82 bits per heavy atom. The molecule has 0 aliphatic rings. The van der Waals surface area contributed by atoms with Crippen molar-refractivity contribution in [2.24, 2.45) is 0 Å². The lowest BCUT2D eigenvalue weighted by Gasteiger charge is -2.17. The summed E-state index contributed by atoms with van der Waals surface area (Å²) < 4.78 is 0. The van der Waals surface area contributed by atoms with Crippen molar-refractivity contribution >= 4 is 17.4 Å². The fourth-order valence-corrected chi connectivity index (χ4v) is 2.19. The van der Waals surface area contributed by atoms with E-state index in [9.17, 15) is 4.79 Å². The maximum absolute atomic E-state index is 12.2. The van der Waals surface area contributed by atoms with Gasteiger partial charge in [-0.3, -0.25) is 4.79 Å². The molecule has 5 heteroatoms. The molecule has 0 spiro atoms. The molecule has 22 heavy (non-hydrogen) atoms. The van der Waals surface area contributed by atoms with E-state index >= 15 is 0 Å². The molecule has 0 fully saturated rings. The van der Waals surface area contributed by atoms with Crippen LogP contribution in [0.3, 0.4) is 0 Å². The maximum atomic E-state index is 12.2. The van der Waals surface area contributed by atoms with Gasteiger partial charge in [-0.2, -0.15) is 0 Å². The van der Waals surface area contributed by atoms with E-state index in [1.165, 1.54) is 5.56 Å². The highest BCUT2D eigenvalue weighted by molar-refractivity contribution is 5.92. The Labute approximate surface area is 131 Å². The van der Waals surface area contributed by atoms with Crippen LogP contribution in [0.2, 0.25) is 0 Å². The highest BCUT2D eigenvalue weighted by Gasteiger charge is 2.14. The van der Waals surface area contributed by atoms with E-state index in [2.05, 4.69) is 33.7 Å². The summed E-state index contributed by atoms with van der Waals surface area (Å²) in [5.74, 6) is 0.542. The second-order valence-electron chi connectivity index (χ2n) is 5.22. The Balaban J connectivity index is 2.15. The molecular formula is C17H22N4O. The predicted molar refractivity (Wildman–Crippen MR) is 88.5 cm³/mol. The maximum Gasteiger partial charge on any atom is 0.274 e. The Morgan fingerprint density at radius 1 is 1.09 bits per heavy atom. The molecule has 0 unspecified atom stereocenters. The molecule has 2 rings (SSSR count). The topological polar surface area (TPSA) is 58.1 Å². The van der Waals surface area contributed by atoms with Crippen molar-refractivity contribution in [1.29, 1.82) is 0 Å². The van der Waals surface area contributed by atoms with Crippen molar-refractivity contribution < 1.29 is 4.79 Å². The van der Waals surface area contributed by atoms with Crippen LogP contribution < -0.4 is 5.32 Å². The minimum Gasteiger partial charge on any atom is -0.339 e. The van der Waals surface area contributed by atoms with Gasteiger partial charge < -0.3 is 10.2 Å². The van der Waals surface area contributed by atoms with Crippen molar-refractivity contribution in [1.82, 2.24) is 15.1 Å². The molecule has 5 nitrogen and oxygen atoms in total. The average molecular weight is 298 g/mol. The second kappa shape index (κ2) is 7.02. The minimum absolute atomic E-state index is 0.0872. The van der Waals surface area contributed by atoms with Gasteiger partial charge in [0.1, 0.15) is 0 Å².